The molecule has 16 heavy (non-hydrogen) atoms. The van der Waals surface area contributed by atoms with Crippen LogP contribution < -0.4 is 0 Å². The second-order valence-electron chi connectivity index (χ2n) is 5.17. The number of aliphatic hydroxyl groups excluding tert-OH is 1. The van der Waals surface area contributed by atoms with Crippen LogP contribution in [0.3, 0.4) is 0 Å². The van der Waals surface area contributed by atoms with E-state index < -0.39 is 0 Å². The largest absolute Gasteiger partial charge is 0.394 e. The highest BCUT2D eigenvalue weighted by molar-refractivity contribution is 4.75. The maximum absolute atomic E-state index is 8.57. The van der Waals surface area contributed by atoms with E-state index in [1.165, 1.54) is 51.4 Å². The van der Waals surface area contributed by atoms with E-state index in [-0.39, 0.29) is 6.61 Å². The predicted molar refractivity (Wildman–Crippen MR) is 67.5 cm³/mol. The fourth-order valence-electron chi connectivity index (χ4n) is 2.84. The van der Waals surface area contributed by atoms with Crippen LogP contribution in [0.5, 0.6) is 0 Å². The van der Waals surface area contributed by atoms with Gasteiger partial charge in [-0.2, -0.15) is 0 Å². The van der Waals surface area contributed by atoms with Crippen LogP contribution in [0, 0.1) is 11.8 Å². The zero-order valence-corrected chi connectivity index (χ0v) is 10.8. The number of aliphatic hydroxyl groups is 1. The molecule has 0 aromatic carbocycles. The van der Waals surface area contributed by atoms with Crippen molar-refractivity contribution in [3.63, 3.8) is 0 Å². The molecule has 1 rings (SSSR count). The molecule has 2 nitrogen and oxygen atoms in total. The summed E-state index contributed by atoms with van der Waals surface area (Å²) in [5.41, 5.74) is 0. The van der Waals surface area contributed by atoms with Crippen molar-refractivity contribution in [2.75, 3.05) is 19.8 Å². The normalized spacial score (nSPS) is 25.1. The molecule has 1 aliphatic rings. The molecule has 1 fully saturated rings. The standard InChI is InChI=1S/C14H28O2/c1-2-3-5-13-7-8-14(12-13)6-4-10-16-11-9-15/h13-15H,2-12H2,1H3. The first-order valence-corrected chi connectivity index (χ1v) is 7.05. The first kappa shape index (κ1) is 14.0. The van der Waals surface area contributed by atoms with Crippen LogP contribution in [0.15, 0.2) is 0 Å². The van der Waals surface area contributed by atoms with Gasteiger partial charge in [-0.15, -0.1) is 0 Å². The van der Waals surface area contributed by atoms with Gasteiger partial charge in [0.1, 0.15) is 0 Å². The Morgan fingerprint density at radius 2 is 1.75 bits per heavy atom. The van der Waals surface area contributed by atoms with Gasteiger partial charge >= 0.3 is 0 Å². The molecule has 2 unspecified atom stereocenters. The first-order valence-electron chi connectivity index (χ1n) is 7.05. The molecule has 0 radical (unpaired) electrons. The van der Waals surface area contributed by atoms with E-state index in [0.717, 1.165) is 18.4 Å². The molecule has 0 spiro atoms. The summed E-state index contributed by atoms with van der Waals surface area (Å²) in [7, 11) is 0. The molecule has 0 aromatic heterocycles. The van der Waals surface area contributed by atoms with Gasteiger partial charge in [0.15, 0.2) is 0 Å². The lowest BCUT2D eigenvalue weighted by Gasteiger charge is -2.11. The molecule has 0 aliphatic heterocycles. The highest BCUT2D eigenvalue weighted by Gasteiger charge is 2.23. The molecular weight excluding hydrogens is 200 g/mol. The van der Waals surface area contributed by atoms with Crippen molar-refractivity contribution in [1.82, 2.24) is 0 Å². The Morgan fingerprint density at radius 3 is 2.38 bits per heavy atom. The fraction of sp³-hybridized carbons (Fsp3) is 1.00. The Hall–Kier alpha value is -0.0800. The SMILES string of the molecule is CCCCC1CCC(CCCOCCO)C1. The molecule has 0 heterocycles. The fourth-order valence-corrected chi connectivity index (χ4v) is 2.84. The average molecular weight is 228 g/mol. The summed E-state index contributed by atoms with van der Waals surface area (Å²) in [6, 6.07) is 0. The molecule has 1 saturated carbocycles. The second-order valence-corrected chi connectivity index (χ2v) is 5.17. The Kier molecular flexibility index (Phi) is 7.87. The van der Waals surface area contributed by atoms with Crippen LogP contribution in [0.1, 0.15) is 58.3 Å². The van der Waals surface area contributed by atoms with Crippen LogP contribution in [0.25, 0.3) is 0 Å². The Bertz CT molecular complexity index is 159. The van der Waals surface area contributed by atoms with Gasteiger partial charge in [-0.3, -0.25) is 0 Å². The maximum atomic E-state index is 8.57. The van der Waals surface area contributed by atoms with E-state index in [4.69, 9.17) is 9.84 Å². The van der Waals surface area contributed by atoms with Crippen LogP contribution in [0.2, 0.25) is 0 Å². The number of hydrogen-bond donors (Lipinski definition) is 1. The van der Waals surface area contributed by atoms with E-state index in [1.54, 1.807) is 0 Å². The predicted octanol–water partition coefficient (Wildman–Crippen LogP) is 3.38. The van der Waals surface area contributed by atoms with Gasteiger partial charge in [0.05, 0.1) is 13.2 Å². The van der Waals surface area contributed by atoms with Crippen molar-refractivity contribution in [2.24, 2.45) is 11.8 Å². The topological polar surface area (TPSA) is 29.5 Å². The van der Waals surface area contributed by atoms with Crippen molar-refractivity contribution in [2.45, 2.75) is 58.3 Å². The van der Waals surface area contributed by atoms with Gasteiger partial charge in [0, 0.05) is 6.61 Å². The van der Waals surface area contributed by atoms with Gasteiger partial charge < -0.3 is 9.84 Å². The molecule has 0 amide bonds. The van der Waals surface area contributed by atoms with Crippen molar-refractivity contribution < 1.29 is 9.84 Å². The van der Waals surface area contributed by atoms with Gasteiger partial charge in [-0.1, -0.05) is 39.0 Å². The number of unbranched alkanes of at least 4 members (excludes halogenated alkanes) is 1. The summed E-state index contributed by atoms with van der Waals surface area (Å²) in [6.45, 7) is 3.77. The Morgan fingerprint density at radius 1 is 1.06 bits per heavy atom. The highest BCUT2D eigenvalue weighted by atomic mass is 16.5. The third kappa shape index (κ3) is 5.86. The summed E-state index contributed by atoms with van der Waals surface area (Å²) in [5.74, 6) is 1.97. The number of rotatable bonds is 9. The lowest BCUT2D eigenvalue weighted by molar-refractivity contribution is 0.0876. The molecule has 1 N–H and O–H groups in total. The number of hydrogen-bond acceptors (Lipinski definition) is 2. The van der Waals surface area contributed by atoms with Gasteiger partial charge in [-0.05, 0) is 31.1 Å². The van der Waals surface area contributed by atoms with E-state index in [2.05, 4.69) is 6.92 Å². The zero-order chi connectivity index (χ0) is 11.6. The summed E-state index contributed by atoms with van der Waals surface area (Å²) >= 11 is 0. The van der Waals surface area contributed by atoms with Gasteiger partial charge in [0.2, 0.25) is 0 Å². The van der Waals surface area contributed by atoms with Crippen LogP contribution in [0.4, 0.5) is 0 Å². The number of ether oxygens (including phenoxy) is 1. The maximum Gasteiger partial charge on any atom is 0.0697 e. The summed E-state index contributed by atoms with van der Waals surface area (Å²) in [4.78, 5) is 0. The van der Waals surface area contributed by atoms with Gasteiger partial charge in [-0.25, -0.2) is 0 Å². The lowest BCUT2D eigenvalue weighted by atomic mass is 9.97. The lowest BCUT2D eigenvalue weighted by Crippen LogP contribution is -2.03. The van der Waals surface area contributed by atoms with Crippen molar-refractivity contribution in [1.29, 1.82) is 0 Å². The minimum absolute atomic E-state index is 0.155. The second kappa shape index (κ2) is 9.00. The van der Waals surface area contributed by atoms with E-state index >= 15 is 0 Å². The summed E-state index contributed by atoms with van der Waals surface area (Å²) < 4.78 is 5.28. The molecular formula is C14H28O2. The smallest absolute Gasteiger partial charge is 0.0697 e. The minimum Gasteiger partial charge on any atom is -0.394 e. The average Bonchev–Trinajstić information content (AvgIpc) is 2.74. The van der Waals surface area contributed by atoms with Crippen molar-refractivity contribution in [3.05, 3.63) is 0 Å². The Labute approximate surface area is 100 Å². The van der Waals surface area contributed by atoms with Crippen LogP contribution >= 0.6 is 0 Å². The molecule has 0 bridgehead atoms. The molecule has 0 aromatic rings. The quantitative estimate of drug-likeness (QED) is 0.613. The van der Waals surface area contributed by atoms with E-state index in [1.807, 2.05) is 0 Å². The third-order valence-corrected chi connectivity index (χ3v) is 3.75. The van der Waals surface area contributed by atoms with Crippen molar-refractivity contribution in [3.8, 4) is 0 Å². The third-order valence-electron chi connectivity index (χ3n) is 3.75. The summed E-state index contributed by atoms with van der Waals surface area (Å²) in [6.07, 6.45) is 11.1. The molecule has 96 valence electrons. The molecule has 0 saturated heterocycles. The Balaban J connectivity index is 1.94. The molecule has 2 atom stereocenters. The zero-order valence-electron chi connectivity index (χ0n) is 10.8. The van der Waals surface area contributed by atoms with Crippen LogP contribution in [-0.4, -0.2) is 24.9 Å². The summed E-state index contributed by atoms with van der Waals surface area (Å²) in [5, 5.41) is 8.57. The monoisotopic (exact) mass is 228 g/mol. The minimum atomic E-state index is 0.155. The van der Waals surface area contributed by atoms with Crippen molar-refractivity contribution >= 4 is 0 Å². The molecule has 1 aliphatic carbocycles. The van der Waals surface area contributed by atoms with E-state index in [0.29, 0.717) is 6.61 Å². The van der Waals surface area contributed by atoms with Crippen LogP contribution in [-0.2, 0) is 4.74 Å². The first-order chi connectivity index (χ1) is 7.86. The molecule has 2 heteroatoms. The highest BCUT2D eigenvalue weighted by Crippen LogP contribution is 2.36. The van der Waals surface area contributed by atoms with Gasteiger partial charge in [0.25, 0.3) is 0 Å². The van der Waals surface area contributed by atoms with E-state index in [9.17, 15) is 0 Å².